The molecular formula is C27H27ClN2O2. The van der Waals surface area contributed by atoms with Crippen molar-refractivity contribution in [2.45, 2.75) is 45.4 Å². The highest BCUT2D eigenvalue weighted by Gasteiger charge is 2.41. The first kappa shape index (κ1) is 20.9. The Kier molecular flexibility index (Phi) is 5.56. The van der Waals surface area contributed by atoms with Gasteiger partial charge in [0.25, 0.3) is 0 Å². The monoisotopic (exact) mass is 446 g/mol. The Balaban J connectivity index is 1.52. The molecule has 3 aromatic carbocycles. The molecular weight excluding hydrogens is 420 g/mol. The third-order valence-electron chi connectivity index (χ3n) is 6.14. The number of halogens is 1. The smallest absolute Gasteiger partial charge is 0.213 e. The van der Waals surface area contributed by atoms with Crippen LogP contribution < -0.4 is 9.47 Å². The summed E-state index contributed by atoms with van der Waals surface area (Å²) < 4.78 is 12.1. The Morgan fingerprint density at radius 1 is 1.06 bits per heavy atom. The molecule has 164 valence electrons. The molecule has 2 aliphatic rings. The van der Waals surface area contributed by atoms with Crippen LogP contribution in [0.4, 0.5) is 0 Å². The van der Waals surface area contributed by atoms with Gasteiger partial charge in [0.05, 0.1) is 18.4 Å². The van der Waals surface area contributed by atoms with E-state index in [1.807, 2.05) is 37.3 Å². The lowest BCUT2D eigenvalue weighted by Gasteiger charge is -2.38. The predicted octanol–water partition coefficient (Wildman–Crippen LogP) is 7.10. The zero-order chi connectivity index (χ0) is 22.2. The van der Waals surface area contributed by atoms with Gasteiger partial charge in [0.1, 0.15) is 11.5 Å². The number of ether oxygens (including phenoxy) is 2. The largest absolute Gasteiger partial charge is 0.494 e. The van der Waals surface area contributed by atoms with Gasteiger partial charge >= 0.3 is 0 Å². The van der Waals surface area contributed by atoms with E-state index in [-0.39, 0.29) is 12.3 Å². The minimum absolute atomic E-state index is 0.0776. The maximum Gasteiger partial charge on any atom is 0.213 e. The first-order valence-electron chi connectivity index (χ1n) is 11.2. The van der Waals surface area contributed by atoms with Crippen LogP contribution in [0.1, 0.15) is 67.6 Å². The van der Waals surface area contributed by atoms with Crippen molar-refractivity contribution in [3.63, 3.8) is 0 Å². The van der Waals surface area contributed by atoms with Gasteiger partial charge in [-0.2, -0.15) is 5.10 Å². The fraction of sp³-hybridized carbons (Fsp3) is 0.296. The molecule has 0 N–H and O–H groups in total. The molecule has 4 nitrogen and oxygen atoms in total. The van der Waals surface area contributed by atoms with Gasteiger partial charge in [-0.25, -0.2) is 5.01 Å². The van der Waals surface area contributed by atoms with Crippen LogP contribution in [0.3, 0.4) is 0 Å². The van der Waals surface area contributed by atoms with Crippen molar-refractivity contribution < 1.29 is 9.47 Å². The summed E-state index contributed by atoms with van der Waals surface area (Å²) in [7, 11) is 0. The van der Waals surface area contributed by atoms with E-state index >= 15 is 0 Å². The minimum Gasteiger partial charge on any atom is -0.494 e. The normalized spacial score (nSPS) is 19.3. The molecule has 2 heterocycles. The standard InChI is InChI=1S/C27H27ClN2O2/c1-4-31-22-12-9-19(10-13-22)24-16-25-23-15-21(28)11-14-26(23)32-27(30(25)29-24)20-7-5-18(6-8-20)17(2)3/h5-15,17,25,27H,4,16H2,1-3H3/t25-,27-/m1/s1. The molecule has 0 bridgehead atoms. The number of hydrogen-bond acceptors (Lipinski definition) is 4. The number of hydrazone groups is 1. The molecule has 0 fully saturated rings. The van der Waals surface area contributed by atoms with E-state index in [0.29, 0.717) is 17.5 Å². The molecule has 32 heavy (non-hydrogen) atoms. The van der Waals surface area contributed by atoms with Crippen LogP contribution >= 0.6 is 11.6 Å². The number of rotatable bonds is 5. The number of nitrogens with zero attached hydrogens (tertiary/aromatic N) is 2. The second kappa shape index (κ2) is 8.51. The van der Waals surface area contributed by atoms with E-state index < -0.39 is 0 Å². The summed E-state index contributed by atoms with van der Waals surface area (Å²) in [5.74, 6) is 2.23. The third kappa shape index (κ3) is 3.84. The van der Waals surface area contributed by atoms with Gasteiger partial charge in [-0.15, -0.1) is 0 Å². The Morgan fingerprint density at radius 2 is 1.81 bits per heavy atom. The average molecular weight is 447 g/mol. The molecule has 5 heteroatoms. The summed E-state index contributed by atoms with van der Waals surface area (Å²) >= 11 is 6.34. The van der Waals surface area contributed by atoms with E-state index in [1.165, 1.54) is 5.56 Å². The van der Waals surface area contributed by atoms with Crippen LogP contribution in [0.5, 0.6) is 11.5 Å². The van der Waals surface area contributed by atoms with Crippen molar-refractivity contribution >= 4 is 17.3 Å². The predicted molar refractivity (Wildman–Crippen MR) is 129 cm³/mol. The lowest BCUT2D eigenvalue weighted by atomic mass is 9.95. The van der Waals surface area contributed by atoms with E-state index in [4.69, 9.17) is 26.2 Å². The van der Waals surface area contributed by atoms with Gasteiger partial charge in [-0.1, -0.05) is 49.7 Å². The molecule has 2 atom stereocenters. The van der Waals surface area contributed by atoms with Crippen molar-refractivity contribution in [2.24, 2.45) is 5.10 Å². The molecule has 0 saturated carbocycles. The SMILES string of the molecule is CCOc1ccc(C2=NN3[C@H](C2)c2cc(Cl)ccc2O[C@@H]3c2ccc(C(C)C)cc2)cc1. The summed E-state index contributed by atoms with van der Waals surface area (Å²) in [5.41, 5.74) is 5.63. The Morgan fingerprint density at radius 3 is 2.50 bits per heavy atom. The van der Waals surface area contributed by atoms with Crippen LogP contribution in [0.15, 0.2) is 71.8 Å². The van der Waals surface area contributed by atoms with Crippen LogP contribution in [0, 0.1) is 0 Å². The molecule has 0 unspecified atom stereocenters. The van der Waals surface area contributed by atoms with Gasteiger partial charge in [0.15, 0.2) is 0 Å². The molecule has 5 rings (SSSR count). The zero-order valence-corrected chi connectivity index (χ0v) is 19.3. The first-order chi connectivity index (χ1) is 15.5. The van der Waals surface area contributed by atoms with Gasteiger partial charge in [0.2, 0.25) is 6.23 Å². The highest BCUT2D eigenvalue weighted by atomic mass is 35.5. The van der Waals surface area contributed by atoms with Crippen molar-refractivity contribution in [3.05, 3.63) is 94.0 Å². The fourth-order valence-electron chi connectivity index (χ4n) is 4.41. The van der Waals surface area contributed by atoms with Crippen LogP contribution in [-0.4, -0.2) is 17.3 Å². The second-order valence-electron chi connectivity index (χ2n) is 8.58. The maximum absolute atomic E-state index is 6.46. The summed E-state index contributed by atoms with van der Waals surface area (Å²) in [6.45, 7) is 7.05. The molecule has 0 radical (unpaired) electrons. The summed E-state index contributed by atoms with van der Waals surface area (Å²) in [5, 5.41) is 7.84. The Labute approximate surface area is 194 Å². The fourth-order valence-corrected chi connectivity index (χ4v) is 4.59. The summed E-state index contributed by atoms with van der Waals surface area (Å²) in [6.07, 6.45) is 0.515. The van der Waals surface area contributed by atoms with Gasteiger partial charge in [-0.3, -0.25) is 0 Å². The van der Waals surface area contributed by atoms with Gasteiger partial charge in [-0.05, 0) is 66.4 Å². The van der Waals surface area contributed by atoms with Crippen LogP contribution in [0.2, 0.25) is 5.02 Å². The highest BCUT2D eigenvalue weighted by molar-refractivity contribution is 6.30. The van der Waals surface area contributed by atoms with Gasteiger partial charge in [0, 0.05) is 22.6 Å². The zero-order valence-electron chi connectivity index (χ0n) is 18.6. The van der Waals surface area contributed by atoms with Crippen molar-refractivity contribution in [3.8, 4) is 11.5 Å². The lowest BCUT2D eigenvalue weighted by Crippen LogP contribution is -2.33. The molecule has 0 amide bonds. The number of hydrogen-bond donors (Lipinski definition) is 0. The third-order valence-corrected chi connectivity index (χ3v) is 6.37. The average Bonchev–Trinajstić information content (AvgIpc) is 3.25. The van der Waals surface area contributed by atoms with E-state index in [0.717, 1.165) is 40.3 Å². The highest BCUT2D eigenvalue weighted by Crippen LogP contribution is 2.48. The molecule has 0 aliphatic carbocycles. The lowest BCUT2D eigenvalue weighted by molar-refractivity contribution is -0.0190. The topological polar surface area (TPSA) is 34.1 Å². The quantitative estimate of drug-likeness (QED) is 0.419. The molecule has 0 spiro atoms. The van der Waals surface area contributed by atoms with Crippen molar-refractivity contribution in [1.82, 2.24) is 5.01 Å². The second-order valence-corrected chi connectivity index (χ2v) is 9.01. The molecule has 3 aromatic rings. The van der Waals surface area contributed by atoms with Crippen molar-refractivity contribution in [1.29, 1.82) is 0 Å². The molecule has 0 saturated heterocycles. The van der Waals surface area contributed by atoms with Crippen LogP contribution in [0.25, 0.3) is 0 Å². The Bertz CT molecular complexity index is 1140. The first-order valence-corrected chi connectivity index (χ1v) is 11.6. The number of fused-ring (bicyclic) bond motifs is 3. The van der Waals surface area contributed by atoms with E-state index in [9.17, 15) is 0 Å². The van der Waals surface area contributed by atoms with Gasteiger partial charge < -0.3 is 9.47 Å². The number of benzene rings is 3. The van der Waals surface area contributed by atoms with Crippen molar-refractivity contribution in [2.75, 3.05) is 6.61 Å². The summed E-state index contributed by atoms with van der Waals surface area (Å²) in [4.78, 5) is 0. The Hall–Kier alpha value is -2.98. The summed E-state index contributed by atoms with van der Waals surface area (Å²) in [6, 6.07) is 22.8. The molecule has 2 aliphatic heterocycles. The van der Waals surface area contributed by atoms with Crippen LogP contribution in [-0.2, 0) is 0 Å². The minimum atomic E-state index is -0.282. The van der Waals surface area contributed by atoms with E-state index in [2.05, 4.69) is 55.3 Å². The molecule has 0 aromatic heterocycles. The maximum atomic E-state index is 6.46. The van der Waals surface area contributed by atoms with E-state index in [1.54, 1.807) is 0 Å².